The topological polar surface area (TPSA) is 119 Å². The maximum atomic E-state index is 12.7. The van der Waals surface area contributed by atoms with Crippen molar-refractivity contribution < 1.29 is 28.5 Å². The van der Waals surface area contributed by atoms with Gasteiger partial charge in [0, 0.05) is 11.1 Å². The molecule has 2 rings (SSSR count). The Bertz CT molecular complexity index is 1090. The summed E-state index contributed by atoms with van der Waals surface area (Å²) in [5, 5.41) is 18.7. The Labute approximate surface area is 206 Å². The van der Waals surface area contributed by atoms with E-state index >= 15 is 0 Å². The van der Waals surface area contributed by atoms with Crippen LogP contribution in [0, 0.1) is 22.7 Å². The number of nitrogens with zero attached hydrogens (tertiary/aromatic N) is 2. The van der Waals surface area contributed by atoms with Crippen LogP contribution in [0.25, 0.3) is 0 Å². The Morgan fingerprint density at radius 1 is 0.706 bits per heavy atom. The van der Waals surface area contributed by atoms with Gasteiger partial charge in [0.25, 0.3) is 0 Å². The number of carbonyl (C=O) groups is 2. The second-order valence-corrected chi connectivity index (χ2v) is 8.68. The van der Waals surface area contributed by atoms with Crippen molar-refractivity contribution in [3.63, 3.8) is 0 Å². The summed E-state index contributed by atoms with van der Waals surface area (Å²) < 4.78 is 21.1. The molecule has 34 heavy (non-hydrogen) atoms. The highest BCUT2D eigenvalue weighted by Gasteiger charge is 2.17. The van der Waals surface area contributed by atoms with E-state index in [2.05, 4.69) is 0 Å². The maximum absolute atomic E-state index is 12.7. The number of rotatable bonds is 12. The number of carbonyl (C=O) groups excluding carboxylic acids is 2. The molecular weight excluding hydrogens is 476 g/mol. The Morgan fingerprint density at radius 2 is 1.09 bits per heavy atom. The van der Waals surface area contributed by atoms with Crippen molar-refractivity contribution in [2.75, 3.05) is 39.9 Å². The molecule has 0 aliphatic carbocycles. The Morgan fingerprint density at radius 3 is 1.41 bits per heavy atom. The molecule has 0 saturated carbocycles. The molecule has 0 atom stereocenters. The molecule has 176 valence electrons. The first-order valence-electron chi connectivity index (χ1n) is 9.72. The molecular formula is C24H22N2O6S2. The van der Waals surface area contributed by atoms with Crippen molar-refractivity contribution in [2.24, 2.45) is 0 Å². The zero-order chi connectivity index (χ0) is 25.1. The molecule has 0 radical (unpaired) electrons. The van der Waals surface area contributed by atoms with Gasteiger partial charge >= 0.3 is 0 Å². The Hall–Kier alpha value is -3.60. The number of nitriles is 2. The van der Waals surface area contributed by atoms with Crippen molar-refractivity contribution in [1.82, 2.24) is 0 Å². The standard InChI is InChI=1S/C24H22N2O6S2/c1-29-20-7-5-15(9-22(20)31-3)18(27)13-33-24(17(11-25)12-26)34-14-19(28)16-6-8-21(30-2)23(10-16)32-4/h5-10H,13-14H2,1-4H3. The highest BCUT2D eigenvalue weighted by molar-refractivity contribution is 8.22. The van der Waals surface area contributed by atoms with Crippen LogP contribution in [0.2, 0.25) is 0 Å². The summed E-state index contributed by atoms with van der Waals surface area (Å²) in [7, 11) is 5.94. The van der Waals surface area contributed by atoms with Gasteiger partial charge in [0.2, 0.25) is 0 Å². The number of thioether (sulfide) groups is 2. The van der Waals surface area contributed by atoms with Crippen LogP contribution in [0.3, 0.4) is 0 Å². The molecule has 8 nitrogen and oxygen atoms in total. The number of methoxy groups -OCH3 is 4. The molecule has 0 saturated heterocycles. The van der Waals surface area contributed by atoms with Crippen molar-refractivity contribution in [2.45, 2.75) is 0 Å². The molecule has 0 N–H and O–H groups in total. The molecule has 2 aromatic rings. The highest BCUT2D eigenvalue weighted by atomic mass is 32.2. The zero-order valence-electron chi connectivity index (χ0n) is 19.0. The lowest BCUT2D eigenvalue weighted by molar-refractivity contribution is 0.101. The maximum Gasteiger partial charge on any atom is 0.173 e. The lowest BCUT2D eigenvalue weighted by atomic mass is 10.1. The van der Waals surface area contributed by atoms with Crippen LogP contribution in [-0.4, -0.2) is 51.5 Å². The molecule has 0 aliphatic rings. The fourth-order valence-corrected chi connectivity index (χ4v) is 4.77. The molecule has 10 heteroatoms. The van der Waals surface area contributed by atoms with Gasteiger partial charge in [-0.3, -0.25) is 9.59 Å². The minimum atomic E-state index is -0.231. The van der Waals surface area contributed by atoms with E-state index in [9.17, 15) is 20.1 Å². The average Bonchev–Trinajstić information content (AvgIpc) is 2.88. The fraction of sp³-hybridized carbons (Fsp3) is 0.250. The third kappa shape index (κ3) is 6.70. The van der Waals surface area contributed by atoms with Gasteiger partial charge in [-0.05, 0) is 36.4 Å². The van der Waals surface area contributed by atoms with Gasteiger partial charge in [-0.2, -0.15) is 10.5 Å². The molecule has 0 spiro atoms. The fourth-order valence-electron chi connectivity index (χ4n) is 2.75. The highest BCUT2D eigenvalue weighted by Crippen LogP contribution is 2.34. The lowest BCUT2D eigenvalue weighted by Gasteiger charge is -2.11. The number of hydrogen-bond acceptors (Lipinski definition) is 10. The van der Waals surface area contributed by atoms with Crippen molar-refractivity contribution >= 4 is 35.1 Å². The van der Waals surface area contributed by atoms with Crippen molar-refractivity contribution in [3.8, 4) is 35.1 Å². The van der Waals surface area contributed by atoms with E-state index in [0.717, 1.165) is 23.5 Å². The smallest absolute Gasteiger partial charge is 0.173 e. The van der Waals surface area contributed by atoms with E-state index in [0.29, 0.717) is 38.4 Å². The Balaban J connectivity index is 2.13. The quantitative estimate of drug-likeness (QED) is 0.305. The van der Waals surface area contributed by atoms with Crippen molar-refractivity contribution in [3.05, 3.63) is 57.3 Å². The third-order valence-electron chi connectivity index (χ3n) is 4.51. The second kappa shape index (κ2) is 13.2. The first kappa shape index (κ1) is 26.7. The number of ether oxygens (including phenoxy) is 4. The molecule has 0 amide bonds. The summed E-state index contributed by atoms with van der Waals surface area (Å²) in [6.07, 6.45) is 0. The van der Waals surface area contributed by atoms with E-state index in [1.165, 1.54) is 28.4 Å². The summed E-state index contributed by atoms with van der Waals surface area (Å²) in [6, 6.07) is 13.2. The minimum absolute atomic E-state index is 0.0325. The Kier molecular flexibility index (Phi) is 10.3. The van der Waals surface area contributed by atoms with E-state index in [1.54, 1.807) is 36.4 Å². The van der Waals surface area contributed by atoms with Gasteiger partial charge in [0.05, 0.1) is 44.2 Å². The SMILES string of the molecule is COc1ccc(C(=O)CSC(SCC(=O)c2ccc(OC)c(OC)c2)=C(C#N)C#N)cc1OC. The molecule has 0 unspecified atom stereocenters. The normalized spacial score (nSPS) is 9.82. The molecule has 0 aliphatic heterocycles. The third-order valence-corrected chi connectivity index (χ3v) is 6.96. The van der Waals surface area contributed by atoms with Gasteiger partial charge in [-0.25, -0.2) is 0 Å². The first-order valence-corrected chi connectivity index (χ1v) is 11.7. The summed E-state index contributed by atoms with van der Waals surface area (Å²) in [5.41, 5.74) is 0.632. The second-order valence-electron chi connectivity index (χ2n) is 6.45. The monoisotopic (exact) mass is 498 g/mol. The van der Waals surface area contributed by atoms with Crippen LogP contribution in [0.4, 0.5) is 0 Å². The first-order chi connectivity index (χ1) is 16.4. The van der Waals surface area contributed by atoms with Gasteiger partial charge < -0.3 is 18.9 Å². The summed E-state index contributed by atoms with van der Waals surface area (Å²) in [5.74, 6) is 1.29. The number of ketones is 2. The largest absolute Gasteiger partial charge is 0.493 e. The number of allylic oxidation sites excluding steroid dienone is 1. The minimum Gasteiger partial charge on any atom is -0.493 e. The van der Waals surface area contributed by atoms with E-state index in [1.807, 2.05) is 12.1 Å². The lowest BCUT2D eigenvalue weighted by Crippen LogP contribution is -2.06. The summed E-state index contributed by atoms with van der Waals surface area (Å²) in [4.78, 5) is 25.4. The molecule has 0 heterocycles. The summed E-state index contributed by atoms with van der Waals surface area (Å²) in [6.45, 7) is 0. The van der Waals surface area contributed by atoms with E-state index in [-0.39, 0.29) is 28.6 Å². The van der Waals surface area contributed by atoms with Crippen LogP contribution in [-0.2, 0) is 0 Å². The number of Topliss-reactive ketones (excluding diaryl/α,β-unsaturated/α-hetero) is 2. The van der Waals surface area contributed by atoms with Crippen LogP contribution >= 0.6 is 23.5 Å². The van der Waals surface area contributed by atoms with Gasteiger partial charge in [-0.15, -0.1) is 23.5 Å². The summed E-state index contributed by atoms with van der Waals surface area (Å²) >= 11 is 2.07. The van der Waals surface area contributed by atoms with Crippen molar-refractivity contribution in [1.29, 1.82) is 10.5 Å². The van der Waals surface area contributed by atoms with Gasteiger partial charge in [0.15, 0.2) is 34.6 Å². The molecule has 0 bridgehead atoms. The van der Waals surface area contributed by atoms with Gasteiger partial charge in [0.1, 0.15) is 17.7 Å². The predicted molar refractivity (Wildman–Crippen MR) is 131 cm³/mol. The average molecular weight is 499 g/mol. The van der Waals surface area contributed by atoms with Crippen LogP contribution in [0.1, 0.15) is 20.7 Å². The van der Waals surface area contributed by atoms with E-state index in [4.69, 9.17) is 18.9 Å². The number of hydrogen-bond donors (Lipinski definition) is 0. The van der Waals surface area contributed by atoms with Crippen LogP contribution < -0.4 is 18.9 Å². The van der Waals surface area contributed by atoms with E-state index < -0.39 is 0 Å². The van der Waals surface area contributed by atoms with Gasteiger partial charge in [-0.1, -0.05) is 0 Å². The molecule has 2 aromatic carbocycles. The predicted octanol–water partition coefficient (Wildman–Crippen LogP) is 4.51. The van der Waals surface area contributed by atoms with Crippen LogP contribution in [0.5, 0.6) is 23.0 Å². The van der Waals surface area contributed by atoms with Crippen LogP contribution in [0.15, 0.2) is 46.2 Å². The molecule has 0 aromatic heterocycles. The number of benzene rings is 2. The molecule has 0 fully saturated rings. The zero-order valence-corrected chi connectivity index (χ0v) is 20.7.